The first-order valence-electron chi connectivity index (χ1n) is 10.3. The van der Waals surface area contributed by atoms with Gasteiger partial charge in [0.2, 0.25) is 0 Å². The summed E-state index contributed by atoms with van der Waals surface area (Å²) in [6, 6.07) is 3.11. The highest BCUT2D eigenvalue weighted by Gasteiger charge is 2.48. The summed E-state index contributed by atoms with van der Waals surface area (Å²) in [6.45, 7) is 7.54. The Morgan fingerprint density at radius 1 is 0.968 bits per heavy atom. The van der Waals surface area contributed by atoms with Crippen molar-refractivity contribution < 1.29 is 29.3 Å². The van der Waals surface area contributed by atoms with Crippen molar-refractivity contribution >= 4 is 33.3 Å². The van der Waals surface area contributed by atoms with Crippen molar-refractivity contribution in [1.29, 1.82) is 0 Å². The second kappa shape index (κ2) is 8.08. The second-order valence-corrected chi connectivity index (χ2v) is 11.1. The molecule has 1 saturated carbocycles. The van der Waals surface area contributed by atoms with Gasteiger partial charge in [0.1, 0.15) is 17.3 Å². The van der Waals surface area contributed by atoms with E-state index in [1.807, 2.05) is 27.7 Å². The fourth-order valence-electron chi connectivity index (χ4n) is 4.89. The van der Waals surface area contributed by atoms with Crippen LogP contribution in [-0.4, -0.2) is 34.7 Å². The van der Waals surface area contributed by atoms with Gasteiger partial charge in [-0.2, -0.15) is 0 Å². The highest BCUT2D eigenvalue weighted by molar-refractivity contribution is 9.10. The van der Waals surface area contributed by atoms with Crippen LogP contribution in [0.1, 0.15) is 64.9 Å². The Balaban J connectivity index is 2.24. The molecule has 31 heavy (non-hydrogen) atoms. The van der Waals surface area contributed by atoms with Crippen LogP contribution in [0.3, 0.4) is 0 Å². The topological polar surface area (TPSA) is 101 Å². The molecule has 0 radical (unpaired) electrons. The number of allylic oxidation sites excluding steroid dienone is 2. The van der Waals surface area contributed by atoms with Crippen LogP contribution in [-0.2, 0) is 14.4 Å². The maximum Gasteiger partial charge on any atom is 0.172 e. The predicted molar refractivity (Wildman–Crippen MR) is 119 cm³/mol. The highest BCUT2D eigenvalue weighted by atomic mass is 79.9. The minimum Gasteiger partial charge on any atom is -0.512 e. The van der Waals surface area contributed by atoms with Gasteiger partial charge in [-0.15, -0.1) is 0 Å². The molecule has 0 aromatic heterocycles. The van der Waals surface area contributed by atoms with Gasteiger partial charge in [-0.25, -0.2) is 0 Å². The maximum atomic E-state index is 13.2. The van der Waals surface area contributed by atoms with E-state index in [2.05, 4.69) is 15.9 Å². The summed E-state index contributed by atoms with van der Waals surface area (Å²) in [7, 11) is 1.39. The van der Waals surface area contributed by atoms with E-state index >= 15 is 0 Å². The molecule has 6 nitrogen and oxygen atoms in total. The number of aromatic hydroxyl groups is 1. The van der Waals surface area contributed by atoms with E-state index in [0.717, 1.165) is 0 Å². The lowest BCUT2D eigenvalue weighted by Gasteiger charge is -2.39. The Morgan fingerprint density at radius 2 is 1.52 bits per heavy atom. The van der Waals surface area contributed by atoms with E-state index in [9.17, 15) is 24.6 Å². The third-order valence-corrected chi connectivity index (χ3v) is 6.77. The zero-order chi connectivity index (χ0) is 23.3. The molecule has 168 valence electrons. The molecule has 0 amide bonds. The van der Waals surface area contributed by atoms with E-state index in [1.54, 1.807) is 6.07 Å². The molecule has 1 aromatic carbocycles. The number of hydrogen-bond donors (Lipinski definition) is 2. The molecule has 2 aliphatic carbocycles. The zero-order valence-corrected chi connectivity index (χ0v) is 20.1. The van der Waals surface area contributed by atoms with Gasteiger partial charge in [-0.1, -0.05) is 27.7 Å². The number of aliphatic hydroxyl groups is 1. The molecular formula is C24H29BrO6. The fourth-order valence-corrected chi connectivity index (χ4v) is 5.35. The largest absolute Gasteiger partial charge is 0.512 e. The predicted octanol–water partition coefficient (Wildman–Crippen LogP) is 5.02. The van der Waals surface area contributed by atoms with E-state index in [4.69, 9.17) is 4.74 Å². The molecule has 0 saturated heterocycles. The first-order chi connectivity index (χ1) is 14.3. The monoisotopic (exact) mass is 492 g/mol. The molecule has 2 aliphatic rings. The Morgan fingerprint density at radius 3 is 2.03 bits per heavy atom. The van der Waals surface area contributed by atoms with Crippen molar-refractivity contribution in [3.8, 4) is 11.5 Å². The number of phenolic OH excluding ortho intramolecular Hbond substituents is 1. The number of carbonyl (C=O) groups excluding carboxylic acids is 3. The van der Waals surface area contributed by atoms with Gasteiger partial charge in [-0.05, 0) is 44.5 Å². The van der Waals surface area contributed by atoms with Crippen molar-refractivity contribution in [1.82, 2.24) is 0 Å². The van der Waals surface area contributed by atoms with Crippen LogP contribution in [0.4, 0.5) is 0 Å². The molecule has 1 fully saturated rings. The zero-order valence-electron chi connectivity index (χ0n) is 18.5. The molecule has 1 unspecified atom stereocenters. The van der Waals surface area contributed by atoms with Crippen molar-refractivity contribution in [3.63, 3.8) is 0 Å². The van der Waals surface area contributed by atoms with Gasteiger partial charge in [0.05, 0.1) is 17.5 Å². The third-order valence-electron chi connectivity index (χ3n) is 6.17. The van der Waals surface area contributed by atoms with E-state index < -0.39 is 22.7 Å². The molecule has 1 aromatic rings. The molecule has 3 rings (SSSR count). The van der Waals surface area contributed by atoms with E-state index in [1.165, 1.54) is 13.2 Å². The normalized spacial score (nSPS) is 22.6. The number of aliphatic hydroxyl groups excluding tert-OH is 1. The Labute approximate surface area is 190 Å². The first-order valence-corrected chi connectivity index (χ1v) is 11.1. The Hall–Kier alpha value is -2.15. The van der Waals surface area contributed by atoms with Gasteiger partial charge < -0.3 is 14.9 Å². The van der Waals surface area contributed by atoms with Crippen LogP contribution in [0.5, 0.6) is 11.5 Å². The molecular weight excluding hydrogens is 464 g/mol. The number of carbonyl (C=O) groups is 3. The van der Waals surface area contributed by atoms with Crippen molar-refractivity contribution in [3.05, 3.63) is 33.5 Å². The number of phenols is 1. The summed E-state index contributed by atoms with van der Waals surface area (Å²) >= 11 is 3.29. The lowest BCUT2D eigenvalue weighted by atomic mass is 9.62. The maximum absolute atomic E-state index is 13.2. The van der Waals surface area contributed by atoms with Crippen LogP contribution in [0.25, 0.3) is 0 Å². The number of benzene rings is 1. The minimum absolute atomic E-state index is 0.0835. The number of ketones is 3. The van der Waals surface area contributed by atoms with Crippen LogP contribution in [0, 0.1) is 16.7 Å². The van der Waals surface area contributed by atoms with Crippen molar-refractivity contribution in [2.45, 2.75) is 59.3 Å². The molecule has 2 N–H and O–H groups in total. The molecule has 7 heteroatoms. The number of methoxy groups -OCH3 is 1. The number of ether oxygens (including phenoxy) is 1. The third kappa shape index (κ3) is 4.56. The van der Waals surface area contributed by atoms with Crippen molar-refractivity contribution in [2.75, 3.05) is 7.11 Å². The first kappa shape index (κ1) is 23.5. The number of rotatable bonds is 4. The minimum atomic E-state index is -1.07. The Kier molecular flexibility index (Phi) is 6.13. The summed E-state index contributed by atoms with van der Waals surface area (Å²) in [6.07, 6.45) is 0.912. The highest BCUT2D eigenvalue weighted by Crippen LogP contribution is 2.49. The molecule has 0 bridgehead atoms. The van der Waals surface area contributed by atoms with Gasteiger partial charge >= 0.3 is 0 Å². The SMILES string of the molecule is COc1cc(C(C2=C(O)CC(C)(C)CC2=O)C2C(=O)CC(C)(C)CC2=O)cc(Br)c1O. The summed E-state index contributed by atoms with van der Waals surface area (Å²) in [4.78, 5) is 39.6. The van der Waals surface area contributed by atoms with E-state index in [0.29, 0.717) is 10.0 Å². The smallest absolute Gasteiger partial charge is 0.172 e. The summed E-state index contributed by atoms with van der Waals surface area (Å²) in [5.41, 5.74) is -0.282. The molecule has 0 aliphatic heterocycles. The summed E-state index contributed by atoms with van der Waals surface area (Å²) in [5.74, 6) is -2.83. The fraction of sp³-hybridized carbons (Fsp3) is 0.542. The van der Waals surface area contributed by atoms with Gasteiger partial charge in [-0.3, -0.25) is 14.4 Å². The van der Waals surface area contributed by atoms with Crippen LogP contribution in [0.2, 0.25) is 0 Å². The number of hydrogen-bond acceptors (Lipinski definition) is 6. The molecule has 0 spiro atoms. The molecule has 1 atom stereocenters. The van der Waals surface area contributed by atoms with Crippen molar-refractivity contribution in [2.24, 2.45) is 16.7 Å². The average molecular weight is 493 g/mol. The second-order valence-electron chi connectivity index (χ2n) is 10.3. The number of halogens is 1. The standard InChI is InChI=1S/C24H29BrO6/c1-23(2)8-14(26)20(15(27)9-23)19(12-6-13(25)22(30)18(7-12)31-5)21-16(28)10-24(3,4)11-17(21)29/h6-7,19-20,28,30H,8-11H2,1-5H3. The van der Waals surface area contributed by atoms with E-state index in [-0.39, 0.29) is 65.9 Å². The molecule has 0 heterocycles. The Bertz CT molecular complexity index is 968. The summed E-state index contributed by atoms with van der Waals surface area (Å²) in [5, 5.41) is 21.1. The lowest BCUT2D eigenvalue weighted by Crippen LogP contribution is -2.43. The van der Waals surface area contributed by atoms with Gasteiger partial charge in [0, 0.05) is 37.2 Å². The quantitative estimate of drug-likeness (QED) is 0.572. The lowest BCUT2D eigenvalue weighted by molar-refractivity contribution is -0.140. The van der Waals surface area contributed by atoms with Crippen LogP contribution in [0.15, 0.2) is 27.9 Å². The summed E-state index contributed by atoms with van der Waals surface area (Å²) < 4.78 is 5.56. The van der Waals surface area contributed by atoms with Gasteiger partial charge in [0.25, 0.3) is 0 Å². The van der Waals surface area contributed by atoms with Gasteiger partial charge in [0.15, 0.2) is 17.3 Å². The average Bonchev–Trinajstić information content (AvgIpc) is 2.59. The number of Topliss-reactive ketones (excluding diaryl/α,β-unsaturated/α-hetero) is 3. The van der Waals surface area contributed by atoms with Crippen LogP contribution >= 0.6 is 15.9 Å². The van der Waals surface area contributed by atoms with Crippen LogP contribution < -0.4 is 4.74 Å².